The van der Waals surface area contributed by atoms with Gasteiger partial charge >= 0.3 is 5.97 Å². The van der Waals surface area contributed by atoms with Crippen molar-refractivity contribution >= 4 is 5.97 Å². The molecule has 0 aromatic carbocycles. The van der Waals surface area contributed by atoms with Gasteiger partial charge in [-0.05, 0) is 5.92 Å². The van der Waals surface area contributed by atoms with Crippen LogP contribution in [0.15, 0.2) is 12.3 Å². The van der Waals surface area contributed by atoms with Gasteiger partial charge in [0.25, 0.3) is 0 Å². The molecule has 0 saturated heterocycles. The average molecular weight is 225 g/mol. The van der Waals surface area contributed by atoms with E-state index in [1.807, 2.05) is 6.92 Å². The van der Waals surface area contributed by atoms with Gasteiger partial charge in [-0.1, -0.05) is 6.92 Å². The predicted molar refractivity (Wildman–Crippen MR) is 58.0 cm³/mol. The van der Waals surface area contributed by atoms with Crippen molar-refractivity contribution in [3.05, 3.63) is 17.8 Å². The number of carboxylic acids is 1. The van der Waals surface area contributed by atoms with E-state index in [1.165, 1.54) is 20.4 Å². The van der Waals surface area contributed by atoms with Crippen molar-refractivity contribution in [1.82, 2.24) is 4.98 Å². The molecule has 1 unspecified atom stereocenters. The Morgan fingerprint density at radius 1 is 1.50 bits per heavy atom. The molecular weight excluding hydrogens is 210 g/mol. The minimum absolute atomic E-state index is 0.0452. The van der Waals surface area contributed by atoms with E-state index in [9.17, 15) is 4.79 Å². The molecule has 0 saturated carbocycles. The summed E-state index contributed by atoms with van der Waals surface area (Å²) in [4.78, 5) is 14.6. The minimum Gasteiger partial charge on any atom is -0.495 e. The molecule has 5 nitrogen and oxygen atoms in total. The number of rotatable bonds is 5. The lowest BCUT2D eigenvalue weighted by molar-refractivity contribution is -0.137. The number of aliphatic carboxylic acids is 1. The third-order valence-electron chi connectivity index (χ3n) is 2.31. The van der Waals surface area contributed by atoms with Crippen LogP contribution in [0.1, 0.15) is 24.8 Å². The molecule has 5 heteroatoms. The zero-order chi connectivity index (χ0) is 12.1. The fraction of sp³-hybridized carbons (Fsp3) is 0.455. The first-order valence-corrected chi connectivity index (χ1v) is 4.88. The van der Waals surface area contributed by atoms with Gasteiger partial charge < -0.3 is 14.6 Å². The molecule has 88 valence electrons. The average Bonchev–Trinajstić information content (AvgIpc) is 2.27. The molecule has 0 fully saturated rings. The number of hydrogen-bond acceptors (Lipinski definition) is 4. The van der Waals surface area contributed by atoms with Crippen LogP contribution in [0, 0.1) is 0 Å². The molecule has 1 aromatic heterocycles. The normalized spacial score (nSPS) is 11.9. The standard InChI is InChI=1S/C11H15NO4/c1-7(4-11(13)14)8-5-10(16-3)12-6-9(8)15-2/h5-7H,4H2,1-3H3,(H,13,14). The summed E-state index contributed by atoms with van der Waals surface area (Å²) in [5, 5.41) is 8.75. The topological polar surface area (TPSA) is 68.7 Å². The second-order valence-electron chi connectivity index (χ2n) is 3.47. The van der Waals surface area contributed by atoms with Gasteiger partial charge in [0, 0.05) is 11.6 Å². The third-order valence-corrected chi connectivity index (χ3v) is 2.31. The highest BCUT2D eigenvalue weighted by Crippen LogP contribution is 2.30. The van der Waals surface area contributed by atoms with Crippen molar-refractivity contribution in [1.29, 1.82) is 0 Å². The summed E-state index contributed by atoms with van der Waals surface area (Å²) in [6.45, 7) is 1.82. The largest absolute Gasteiger partial charge is 0.495 e. The van der Waals surface area contributed by atoms with E-state index < -0.39 is 5.97 Å². The Labute approximate surface area is 94.0 Å². The van der Waals surface area contributed by atoms with Gasteiger partial charge in [0.15, 0.2) is 0 Å². The molecule has 0 bridgehead atoms. The van der Waals surface area contributed by atoms with E-state index in [0.717, 1.165) is 5.56 Å². The summed E-state index contributed by atoms with van der Waals surface area (Å²) < 4.78 is 10.1. The van der Waals surface area contributed by atoms with Crippen LogP contribution in [0.2, 0.25) is 0 Å². The van der Waals surface area contributed by atoms with Crippen molar-refractivity contribution in [3.63, 3.8) is 0 Å². The lowest BCUT2D eigenvalue weighted by Gasteiger charge is -2.14. The van der Waals surface area contributed by atoms with Crippen molar-refractivity contribution in [2.75, 3.05) is 14.2 Å². The van der Waals surface area contributed by atoms with E-state index in [-0.39, 0.29) is 12.3 Å². The van der Waals surface area contributed by atoms with Crippen molar-refractivity contribution < 1.29 is 19.4 Å². The predicted octanol–water partition coefficient (Wildman–Crippen LogP) is 1.68. The molecule has 1 aromatic rings. The fourth-order valence-electron chi connectivity index (χ4n) is 1.48. The van der Waals surface area contributed by atoms with Gasteiger partial charge in [-0.15, -0.1) is 0 Å². The molecule has 0 aliphatic rings. The molecule has 0 aliphatic carbocycles. The Balaban J connectivity index is 3.02. The van der Waals surface area contributed by atoms with Crippen molar-refractivity contribution in [2.45, 2.75) is 19.3 Å². The second-order valence-corrected chi connectivity index (χ2v) is 3.47. The maximum Gasteiger partial charge on any atom is 0.303 e. The van der Waals surface area contributed by atoms with Crippen molar-refractivity contribution in [2.24, 2.45) is 0 Å². The van der Waals surface area contributed by atoms with Gasteiger partial charge in [-0.25, -0.2) is 4.98 Å². The highest BCUT2D eigenvalue weighted by molar-refractivity contribution is 5.68. The van der Waals surface area contributed by atoms with Crippen LogP contribution in [0.4, 0.5) is 0 Å². The van der Waals surface area contributed by atoms with Crippen LogP contribution in [0.3, 0.4) is 0 Å². The number of methoxy groups -OCH3 is 2. The number of carbonyl (C=O) groups is 1. The quantitative estimate of drug-likeness (QED) is 0.825. The number of nitrogens with zero attached hydrogens (tertiary/aromatic N) is 1. The molecular formula is C11H15NO4. The van der Waals surface area contributed by atoms with Crippen LogP contribution in [-0.4, -0.2) is 30.3 Å². The van der Waals surface area contributed by atoms with Gasteiger partial charge in [0.05, 0.1) is 26.8 Å². The Kier molecular flexibility index (Phi) is 4.10. The molecule has 1 N–H and O–H groups in total. The molecule has 0 aliphatic heterocycles. The summed E-state index contributed by atoms with van der Waals surface area (Å²) in [5.74, 6) is 0.0391. The van der Waals surface area contributed by atoms with Crippen LogP contribution in [0.5, 0.6) is 11.6 Å². The summed E-state index contributed by atoms with van der Waals surface area (Å²) in [7, 11) is 3.04. The van der Waals surface area contributed by atoms with Crippen LogP contribution in [0.25, 0.3) is 0 Å². The van der Waals surface area contributed by atoms with E-state index in [1.54, 1.807) is 6.07 Å². The van der Waals surface area contributed by atoms with Gasteiger partial charge in [-0.2, -0.15) is 0 Å². The summed E-state index contributed by atoms with van der Waals surface area (Å²) in [6.07, 6.45) is 1.58. The molecule has 0 radical (unpaired) electrons. The lowest BCUT2D eigenvalue weighted by Crippen LogP contribution is -2.05. The van der Waals surface area contributed by atoms with E-state index in [4.69, 9.17) is 14.6 Å². The van der Waals surface area contributed by atoms with Gasteiger partial charge in [-0.3, -0.25) is 4.79 Å². The second kappa shape index (κ2) is 5.34. The zero-order valence-electron chi connectivity index (χ0n) is 9.56. The highest BCUT2D eigenvalue weighted by Gasteiger charge is 2.16. The fourth-order valence-corrected chi connectivity index (χ4v) is 1.48. The monoisotopic (exact) mass is 225 g/mol. The first kappa shape index (κ1) is 12.3. The zero-order valence-corrected chi connectivity index (χ0v) is 9.56. The highest BCUT2D eigenvalue weighted by atomic mass is 16.5. The first-order chi connectivity index (χ1) is 7.58. The molecule has 1 heterocycles. The van der Waals surface area contributed by atoms with Crippen LogP contribution >= 0.6 is 0 Å². The lowest BCUT2D eigenvalue weighted by atomic mass is 9.98. The molecule has 0 amide bonds. The maximum absolute atomic E-state index is 10.6. The Morgan fingerprint density at radius 2 is 2.19 bits per heavy atom. The number of pyridine rings is 1. The summed E-state index contributed by atoms with van der Waals surface area (Å²) in [6, 6.07) is 1.70. The number of hydrogen-bond donors (Lipinski definition) is 1. The Hall–Kier alpha value is -1.78. The molecule has 0 spiro atoms. The van der Waals surface area contributed by atoms with E-state index in [0.29, 0.717) is 11.6 Å². The Morgan fingerprint density at radius 3 is 2.69 bits per heavy atom. The summed E-state index contributed by atoms with van der Waals surface area (Å²) >= 11 is 0. The van der Waals surface area contributed by atoms with Crippen LogP contribution < -0.4 is 9.47 Å². The minimum atomic E-state index is -0.842. The molecule has 16 heavy (non-hydrogen) atoms. The van der Waals surface area contributed by atoms with E-state index >= 15 is 0 Å². The smallest absolute Gasteiger partial charge is 0.303 e. The SMILES string of the molecule is COc1cc(C(C)CC(=O)O)c(OC)cn1. The van der Waals surface area contributed by atoms with Crippen molar-refractivity contribution in [3.8, 4) is 11.6 Å². The molecule has 1 rings (SSSR count). The third kappa shape index (κ3) is 2.85. The summed E-state index contributed by atoms with van der Waals surface area (Å²) in [5.41, 5.74) is 0.789. The first-order valence-electron chi connectivity index (χ1n) is 4.88. The number of ether oxygens (including phenoxy) is 2. The Bertz CT molecular complexity index is 378. The molecule has 1 atom stereocenters. The maximum atomic E-state index is 10.6. The van der Waals surface area contributed by atoms with Gasteiger partial charge in [0.1, 0.15) is 5.75 Å². The number of carboxylic acid groups (broad SMARTS) is 1. The number of aromatic nitrogens is 1. The van der Waals surface area contributed by atoms with Gasteiger partial charge in [0.2, 0.25) is 5.88 Å². The van der Waals surface area contributed by atoms with E-state index in [2.05, 4.69) is 4.98 Å². The van der Waals surface area contributed by atoms with Crippen LogP contribution in [-0.2, 0) is 4.79 Å².